The quantitative estimate of drug-likeness (QED) is 0.729. The Morgan fingerprint density at radius 1 is 1.28 bits per heavy atom. The third-order valence-corrected chi connectivity index (χ3v) is 3.87. The molecular weight excluding hydrogens is 342 g/mol. The van der Waals surface area contributed by atoms with Gasteiger partial charge < -0.3 is 9.72 Å². The summed E-state index contributed by atoms with van der Waals surface area (Å²) in [5.41, 5.74) is 1.99. The number of aromatic amines is 1. The van der Waals surface area contributed by atoms with Gasteiger partial charge in [-0.25, -0.2) is 9.78 Å². The number of methoxy groups -OCH3 is 1. The number of carbonyl (C=O) groups is 1. The Morgan fingerprint density at radius 3 is 2.76 bits per heavy atom. The first-order valence-corrected chi connectivity index (χ1v) is 7.78. The molecule has 7 heteroatoms. The molecule has 1 aromatic carbocycles. The number of halogens is 1. The first-order chi connectivity index (χ1) is 12.0. The van der Waals surface area contributed by atoms with Gasteiger partial charge in [-0.1, -0.05) is 17.7 Å². The van der Waals surface area contributed by atoms with Crippen molar-refractivity contribution in [1.29, 1.82) is 0 Å². The predicted octanol–water partition coefficient (Wildman–Crippen LogP) is 3.15. The second kappa shape index (κ2) is 6.86. The third kappa shape index (κ3) is 3.59. The van der Waals surface area contributed by atoms with Crippen LogP contribution in [0.1, 0.15) is 27.4 Å². The van der Waals surface area contributed by atoms with Gasteiger partial charge >= 0.3 is 5.97 Å². The lowest BCUT2D eigenvalue weighted by Gasteiger charge is -2.04. The molecule has 0 aliphatic carbocycles. The van der Waals surface area contributed by atoms with E-state index in [-0.39, 0.29) is 16.4 Å². The molecule has 25 heavy (non-hydrogen) atoms. The molecule has 0 spiro atoms. The van der Waals surface area contributed by atoms with Crippen LogP contribution in [0.15, 0.2) is 41.3 Å². The Kier molecular flexibility index (Phi) is 4.63. The van der Waals surface area contributed by atoms with Crippen LogP contribution in [-0.2, 0) is 4.74 Å². The van der Waals surface area contributed by atoms with Crippen LogP contribution in [0.4, 0.5) is 0 Å². The fraction of sp³-hybridized carbons (Fsp3) is 0.111. The molecule has 0 aliphatic heterocycles. The van der Waals surface area contributed by atoms with Crippen molar-refractivity contribution in [2.75, 3.05) is 7.11 Å². The highest BCUT2D eigenvalue weighted by Gasteiger charge is 2.11. The normalized spacial score (nSPS) is 11.6. The summed E-state index contributed by atoms with van der Waals surface area (Å²) >= 11 is 6.29. The molecule has 0 saturated carbocycles. The number of nitrogens with one attached hydrogen (secondary N) is 1. The van der Waals surface area contributed by atoms with Gasteiger partial charge in [-0.2, -0.15) is 0 Å². The van der Waals surface area contributed by atoms with Crippen molar-refractivity contribution >= 4 is 39.6 Å². The number of pyridine rings is 1. The van der Waals surface area contributed by atoms with Crippen LogP contribution in [0, 0.1) is 6.92 Å². The number of esters is 1. The maximum atomic E-state index is 12.2. The van der Waals surface area contributed by atoms with E-state index in [1.807, 2.05) is 19.1 Å². The van der Waals surface area contributed by atoms with Gasteiger partial charge in [-0.3, -0.25) is 9.78 Å². The van der Waals surface area contributed by atoms with Crippen molar-refractivity contribution in [2.45, 2.75) is 6.92 Å². The number of hydrogen-bond acceptors (Lipinski definition) is 5. The molecule has 0 saturated heterocycles. The van der Waals surface area contributed by atoms with Gasteiger partial charge in [0.25, 0.3) is 5.56 Å². The average molecular weight is 356 g/mol. The molecule has 0 atom stereocenters. The van der Waals surface area contributed by atoms with Crippen LogP contribution < -0.4 is 5.56 Å². The van der Waals surface area contributed by atoms with Crippen LogP contribution in [-0.4, -0.2) is 28.0 Å². The topological polar surface area (TPSA) is 84.9 Å². The molecule has 3 aromatic rings. The van der Waals surface area contributed by atoms with Gasteiger partial charge in [0.2, 0.25) is 0 Å². The van der Waals surface area contributed by atoms with Crippen LogP contribution in [0.25, 0.3) is 22.0 Å². The van der Waals surface area contributed by atoms with E-state index in [9.17, 15) is 9.59 Å². The Balaban J connectivity index is 2.08. The smallest absolute Gasteiger partial charge is 0.337 e. The molecule has 1 N–H and O–H groups in total. The minimum absolute atomic E-state index is 0.210. The predicted molar refractivity (Wildman–Crippen MR) is 96.4 cm³/mol. The second-order valence-electron chi connectivity index (χ2n) is 5.36. The average Bonchev–Trinajstić information content (AvgIpc) is 2.62. The number of benzene rings is 1. The minimum Gasteiger partial charge on any atom is -0.465 e. The zero-order chi connectivity index (χ0) is 18.0. The standard InChI is InChI=1S/C18H14ClN3O3/c1-10-3-4-11(9-20-10)7-14(19)16-21-15-8-12(18(24)25-2)5-6-13(15)17(23)22-16/h3-9H,1-2H3,(H,21,22,23)/b14-7-. The first kappa shape index (κ1) is 16.9. The van der Waals surface area contributed by atoms with Crippen molar-refractivity contribution in [3.63, 3.8) is 0 Å². The van der Waals surface area contributed by atoms with Crippen LogP contribution in [0.3, 0.4) is 0 Å². The number of aryl methyl sites for hydroxylation is 1. The molecule has 0 amide bonds. The number of H-pyrrole nitrogens is 1. The molecule has 6 nitrogen and oxygen atoms in total. The molecular formula is C18H14ClN3O3. The fourth-order valence-electron chi connectivity index (χ4n) is 2.28. The SMILES string of the molecule is COC(=O)c1ccc2c(=O)[nH]c(/C(Cl)=C/c3ccc(C)nc3)nc2c1. The molecule has 2 aromatic heterocycles. The van der Waals surface area contributed by atoms with E-state index >= 15 is 0 Å². The van der Waals surface area contributed by atoms with Gasteiger partial charge in [-0.05, 0) is 42.8 Å². The molecule has 126 valence electrons. The summed E-state index contributed by atoms with van der Waals surface area (Å²) in [4.78, 5) is 35.1. The number of nitrogens with zero attached hydrogens (tertiary/aromatic N) is 2. The Bertz CT molecular complexity index is 1040. The molecule has 0 unspecified atom stereocenters. The van der Waals surface area contributed by atoms with Gasteiger partial charge in [0, 0.05) is 11.9 Å². The highest BCUT2D eigenvalue weighted by Crippen LogP contribution is 2.20. The lowest BCUT2D eigenvalue weighted by Crippen LogP contribution is -2.11. The van der Waals surface area contributed by atoms with E-state index in [1.165, 1.54) is 25.3 Å². The summed E-state index contributed by atoms with van der Waals surface area (Å²) in [7, 11) is 1.29. The number of carbonyl (C=O) groups excluding carboxylic acids is 1. The number of hydrogen-bond donors (Lipinski definition) is 1. The number of rotatable bonds is 3. The molecule has 0 fully saturated rings. The zero-order valence-electron chi connectivity index (χ0n) is 13.5. The van der Waals surface area contributed by atoms with E-state index in [1.54, 1.807) is 12.3 Å². The van der Waals surface area contributed by atoms with Gasteiger partial charge in [0.1, 0.15) is 0 Å². The Hall–Kier alpha value is -2.99. The largest absolute Gasteiger partial charge is 0.465 e. The zero-order valence-corrected chi connectivity index (χ0v) is 14.3. The maximum absolute atomic E-state index is 12.2. The van der Waals surface area contributed by atoms with Crippen LogP contribution in [0.2, 0.25) is 0 Å². The summed E-state index contributed by atoms with van der Waals surface area (Å²) in [5, 5.41) is 0.617. The van der Waals surface area contributed by atoms with Crippen LogP contribution in [0.5, 0.6) is 0 Å². The van der Waals surface area contributed by atoms with E-state index in [0.717, 1.165) is 11.3 Å². The molecule has 2 heterocycles. The first-order valence-electron chi connectivity index (χ1n) is 7.40. The Morgan fingerprint density at radius 2 is 2.08 bits per heavy atom. The molecule has 0 bridgehead atoms. The summed E-state index contributed by atoms with van der Waals surface area (Å²) in [6.45, 7) is 1.89. The van der Waals surface area contributed by atoms with Gasteiger partial charge in [0.15, 0.2) is 5.82 Å². The van der Waals surface area contributed by atoms with E-state index in [4.69, 9.17) is 11.6 Å². The molecule has 0 aliphatic rings. The monoisotopic (exact) mass is 355 g/mol. The van der Waals surface area contributed by atoms with Crippen molar-refractivity contribution < 1.29 is 9.53 Å². The lowest BCUT2D eigenvalue weighted by molar-refractivity contribution is 0.0601. The maximum Gasteiger partial charge on any atom is 0.337 e. The molecule has 0 radical (unpaired) electrons. The third-order valence-electron chi connectivity index (χ3n) is 3.58. The highest BCUT2D eigenvalue weighted by atomic mass is 35.5. The summed E-state index contributed by atoms with van der Waals surface area (Å²) in [6.07, 6.45) is 3.33. The van der Waals surface area contributed by atoms with Crippen molar-refractivity contribution in [2.24, 2.45) is 0 Å². The van der Waals surface area contributed by atoms with Gasteiger partial charge in [0.05, 0.1) is 28.6 Å². The van der Waals surface area contributed by atoms with Crippen LogP contribution >= 0.6 is 11.6 Å². The summed E-state index contributed by atoms with van der Waals surface area (Å²) < 4.78 is 4.68. The van der Waals surface area contributed by atoms with Crippen molar-refractivity contribution in [3.05, 3.63) is 69.5 Å². The van der Waals surface area contributed by atoms with E-state index in [0.29, 0.717) is 16.5 Å². The minimum atomic E-state index is -0.502. The highest BCUT2D eigenvalue weighted by molar-refractivity contribution is 6.50. The van der Waals surface area contributed by atoms with Crippen molar-refractivity contribution in [3.8, 4) is 0 Å². The summed E-state index contributed by atoms with van der Waals surface area (Å²) in [6, 6.07) is 8.25. The van der Waals surface area contributed by atoms with Crippen molar-refractivity contribution in [1.82, 2.24) is 15.0 Å². The fourth-order valence-corrected chi connectivity index (χ4v) is 2.49. The lowest BCUT2D eigenvalue weighted by atomic mass is 10.1. The number of aromatic nitrogens is 3. The van der Waals surface area contributed by atoms with E-state index in [2.05, 4.69) is 19.7 Å². The second-order valence-corrected chi connectivity index (χ2v) is 5.77. The number of fused-ring (bicyclic) bond motifs is 1. The van der Waals surface area contributed by atoms with Gasteiger partial charge in [-0.15, -0.1) is 0 Å². The number of ether oxygens (including phenoxy) is 1. The molecule has 3 rings (SSSR count). The summed E-state index contributed by atoms with van der Waals surface area (Å²) in [5.74, 6) is -0.292. The van der Waals surface area contributed by atoms with E-state index < -0.39 is 5.97 Å². The Labute approximate surface area is 148 Å².